The molecule has 0 aromatic heterocycles. The SMILES string of the molecule is NC(=O)CN[C@@H]1C[C@H]1c1ccc(OCc2ccc(F)cc2)cc1. The van der Waals surface area contributed by atoms with Crippen molar-refractivity contribution in [3.63, 3.8) is 0 Å². The van der Waals surface area contributed by atoms with Crippen molar-refractivity contribution in [2.24, 2.45) is 5.73 Å². The number of halogens is 1. The second-order valence-corrected chi connectivity index (χ2v) is 5.78. The average molecular weight is 314 g/mol. The van der Waals surface area contributed by atoms with Gasteiger partial charge in [0.05, 0.1) is 6.54 Å². The summed E-state index contributed by atoms with van der Waals surface area (Å²) >= 11 is 0. The highest BCUT2D eigenvalue weighted by molar-refractivity contribution is 5.76. The van der Waals surface area contributed by atoms with E-state index < -0.39 is 0 Å². The molecule has 1 aliphatic rings. The van der Waals surface area contributed by atoms with Crippen LogP contribution in [0.2, 0.25) is 0 Å². The summed E-state index contributed by atoms with van der Waals surface area (Å²) in [6, 6.07) is 14.5. The van der Waals surface area contributed by atoms with Gasteiger partial charge < -0.3 is 15.8 Å². The Hall–Kier alpha value is -2.40. The van der Waals surface area contributed by atoms with Crippen LogP contribution in [0, 0.1) is 5.82 Å². The molecular weight excluding hydrogens is 295 g/mol. The Morgan fingerprint density at radius 3 is 2.52 bits per heavy atom. The minimum absolute atomic E-state index is 0.222. The standard InChI is InChI=1S/C18H19FN2O2/c19-14-5-1-12(2-6-14)11-23-15-7-3-13(4-8-15)16-9-17(16)21-10-18(20)22/h1-8,16-17,21H,9-11H2,(H2,20,22)/t16-,17+/m0/s1. The van der Waals surface area contributed by atoms with Crippen LogP contribution in [0.4, 0.5) is 4.39 Å². The first-order valence-corrected chi connectivity index (χ1v) is 7.61. The molecule has 5 heteroatoms. The number of hydrogen-bond donors (Lipinski definition) is 2. The Morgan fingerprint density at radius 1 is 1.17 bits per heavy atom. The van der Waals surface area contributed by atoms with Gasteiger partial charge in [-0.2, -0.15) is 0 Å². The molecule has 0 spiro atoms. The fourth-order valence-electron chi connectivity index (χ4n) is 2.58. The highest BCUT2D eigenvalue weighted by atomic mass is 19.1. The van der Waals surface area contributed by atoms with E-state index in [2.05, 4.69) is 5.32 Å². The van der Waals surface area contributed by atoms with E-state index in [9.17, 15) is 9.18 Å². The summed E-state index contributed by atoms with van der Waals surface area (Å²) in [5.74, 6) is 0.628. The summed E-state index contributed by atoms with van der Waals surface area (Å²) in [5.41, 5.74) is 7.27. The molecule has 0 bridgehead atoms. The molecule has 1 fully saturated rings. The molecule has 1 amide bonds. The number of benzene rings is 2. The molecule has 1 saturated carbocycles. The largest absolute Gasteiger partial charge is 0.489 e. The number of hydrogen-bond acceptors (Lipinski definition) is 3. The van der Waals surface area contributed by atoms with Gasteiger partial charge in [0.2, 0.25) is 5.91 Å². The normalized spacial score (nSPS) is 19.3. The predicted molar refractivity (Wildman–Crippen MR) is 85.5 cm³/mol. The Morgan fingerprint density at radius 2 is 1.87 bits per heavy atom. The molecule has 2 aromatic carbocycles. The lowest BCUT2D eigenvalue weighted by Gasteiger charge is -2.08. The third-order valence-corrected chi connectivity index (χ3v) is 3.96. The molecular formula is C18H19FN2O2. The van der Waals surface area contributed by atoms with Crippen LogP contribution >= 0.6 is 0 Å². The maximum Gasteiger partial charge on any atom is 0.231 e. The number of nitrogens with one attached hydrogen (secondary N) is 1. The first-order chi connectivity index (χ1) is 11.1. The van der Waals surface area contributed by atoms with E-state index in [1.54, 1.807) is 12.1 Å². The van der Waals surface area contributed by atoms with Crippen LogP contribution in [0.1, 0.15) is 23.5 Å². The summed E-state index contributed by atoms with van der Waals surface area (Å²) in [5, 5.41) is 3.13. The van der Waals surface area contributed by atoms with Gasteiger partial charge in [0.15, 0.2) is 0 Å². The minimum atomic E-state index is -0.333. The Labute approximate surface area is 134 Å². The van der Waals surface area contributed by atoms with Gasteiger partial charge >= 0.3 is 0 Å². The van der Waals surface area contributed by atoms with Crippen LogP contribution in [0.15, 0.2) is 48.5 Å². The number of rotatable bonds is 7. The lowest BCUT2D eigenvalue weighted by atomic mass is 10.1. The molecule has 0 radical (unpaired) electrons. The Kier molecular flexibility index (Phi) is 4.57. The van der Waals surface area contributed by atoms with Crippen molar-refractivity contribution in [3.05, 3.63) is 65.5 Å². The van der Waals surface area contributed by atoms with Gasteiger partial charge in [-0.25, -0.2) is 4.39 Å². The number of nitrogens with two attached hydrogens (primary N) is 1. The molecule has 2 aromatic rings. The number of primary amides is 1. The zero-order valence-corrected chi connectivity index (χ0v) is 12.7. The fourth-order valence-corrected chi connectivity index (χ4v) is 2.58. The summed E-state index contributed by atoms with van der Waals surface area (Å²) in [7, 11) is 0. The van der Waals surface area contributed by atoms with Crippen molar-refractivity contribution < 1.29 is 13.9 Å². The van der Waals surface area contributed by atoms with Crippen LogP contribution < -0.4 is 15.8 Å². The Balaban J connectivity index is 1.50. The van der Waals surface area contributed by atoms with Crippen molar-refractivity contribution in [1.29, 1.82) is 0 Å². The lowest BCUT2D eigenvalue weighted by Crippen LogP contribution is -2.30. The van der Waals surface area contributed by atoms with E-state index in [1.807, 2.05) is 24.3 Å². The van der Waals surface area contributed by atoms with Gasteiger partial charge in [-0.05, 0) is 41.8 Å². The minimum Gasteiger partial charge on any atom is -0.489 e. The lowest BCUT2D eigenvalue weighted by molar-refractivity contribution is -0.117. The summed E-state index contributed by atoms with van der Waals surface area (Å²) < 4.78 is 18.5. The molecule has 23 heavy (non-hydrogen) atoms. The second kappa shape index (κ2) is 6.79. The average Bonchev–Trinajstić information content (AvgIpc) is 3.33. The van der Waals surface area contributed by atoms with E-state index in [1.165, 1.54) is 17.7 Å². The van der Waals surface area contributed by atoms with Crippen LogP contribution in [-0.4, -0.2) is 18.5 Å². The Bertz CT molecular complexity index is 670. The van der Waals surface area contributed by atoms with E-state index in [-0.39, 0.29) is 18.3 Å². The molecule has 1 aliphatic carbocycles. The molecule has 0 saturated heterocycles. The molecule has 0 heterocycles. The van der Waals surface area contributed by atoms with Crippen LogP contribution in [0.5, 0.6) is 5.75 Å². The summed E-state index contributed by atoms with van der Waals surface area (Å²) in [6.07, 6.45) is 1.02. The van der Waals surface area contributed by atoms with E-state index >= 15 is 0 Å². The first-order valence-electron chi connectivity index (χ1n) is 7.61. The zero-order chi connectivity index (χ0) is 16.2. The van der Waals surface area contributed by atoms with Gasteiger partial charge in [-0.1, -0.05) is 24.3 Å². The highest BCUT2D eigenvalue weighted by Gasteiger charge is 2.37. The molecule has 3 N–H and O–H groups in total. The third kappa shape index (κ3) is 4.29. The van der Waals surface area contributed by atoms with Gasteiger partial charge in [0.1, 0.15) is 18.2 Å². The van der Waals surface area contributed by atoms with E-state index in [4.69, 9.17) is 10.5 Å². The first kappa shape index (κ1) is 15.5. The van der Waals surface area contributed by atoms with Gasteiger partial charge in [-0.15, -0.1) is 0 Å². The van der Waals surface area contributed by atoms with Crippen molar-refractivity contribution in [1.82, 2.24) is 5.32 Å². The quantitative estimate of drug-likeness (QED) is 0.824. The van der Waals surface area contributed by atoms with Crippen molar-refractivity contribution >= 4 is 5.91 Å². The number of amides is 1. The van der Waals surface area contributed by atoms with Crippen molar-refractivity contribution in [2.75, 3.05) is 6.54 Å². The maximum absolute atomic E-state index is 12.8. The number of carbonyl (C=O) groups excluding carboxylic acids is 1. The highest BCUT2D eigenvalue weighted by Crippen LogP contribution is 2.41. The van der Waals surface area contributed by atoms with Gasteiger partial charge in [0, 0.05) is 12.0 Å². The fraction of sp³-hybridized carbons (Fsp3) is 0.278. The van der Waals surface area contributed by atoms with Gasteiger partial charge in [0.25, 0.3) is 0 Å². The molecule has 0 unspecified atom stereocenters. The smallest absolute Gasteiger partial charge is 0.231 e. The topological polar surface area (TPSA) is 64.4 Å². The molecule has 3 rings (SSSR count). The number of ether oxygens (including phenoxy) is 1. The number of carbonyl (C=O) groups is 1. The van der Waals surface area contributed by atoms with Crippen molar-refractivity contribution in [3.8, 4) is 5.75 Å². The second-order valence-electron chi connectivity index (χ2n) is 5.78. The zero-order valence-electron chi connectivity index (χ0n) is 12.7. The van der Waals surface area contributed by atoms with Crippen molar-refractivity contribution in [2.45, 2.75) is 25.0 Å². The van der Waals surface area contributed by atoms with Gasteiger partial charge in [-0.3, -0.25) is 4.79 Å². The summed E-state index contributed by atoms with van der Waals surface area (Å²) in [6.45, 7) is 0.631. The van der Waals surface area contributed by atoms with Crippen LogP contribution in [0.3, 0.4) is 0 Å². The third-order valence-electron chi connectivity index (χ3n) is 3.96. The summed E-state index contributed by atoms with van der Waals surface area (Å²) in [4.78, 5) is 10.7. The van der Waals surface area contributed by atoms with E-state index in [0.29, 0.717) is 18.6 Å². The predicted octanol–water partition coefficient (Wildman–Crippen LogP) is 2.34. The molecule has 0 aliphatic heterocycles. The molecule has 4 nitrogen and oxygen atoms in total. The van der Waals surface area contributed by atoms with E-state index in [0.717, 1.165) is 17.7 Å². The molecule has 120 valence electrons. The molecule has 2 atom stereocenters. The van der Waals surface area contributed by atoms with Crippen LogP contribution in [0.25, 0.3) is 0 Å². The maximum atomic E-state index is 12.8. The van der Waals surface area contributed by atoms with Crippen LogP contribution in [-0.2, 0) is 11.4 Å². The monoisotopic (exact) mass is 314 g/mol.